The van der Waals surface area contributed by atoms with E-state index in [4.69, 9.17) is 9.47 Å². The number of amides is 2. The zero-order valence-electron chi connectivity index (χ0n) is 13.7. The second kappa shape index (κ2) is 10.8. The molecule has 0 aromatic carbocycles. The van der Waals surface area contributed by atoms with Crippen LogP contribution in [0.15, 0.2) is 0 Å². The van der Waals surface area contributed by atoms with Gasteiger partial charge < -0.3 is 25.0 Å². The summed E-state index contributed by atoms with van der Waals surface area (Å²) >= 11 is 0. The Morgan fingerprint density at radius 3 is 3.04 bits per heavy atom. The van der Waals surface area contributed by atoms with Crippen molar-refractivity contribution in [3.63, 3.8) is 0 Å². The van der Waals surface area contributed by atoms with E-state index in [0.717, 1.165) is 19.4 Å². The summed E-state index contributed by atoms with van der Waals surface area (Å²) < 4.78 is 10.8. The summed E-state index contributed by atoms with van der Waals surface area (Å²) in [4.78, 5) is 26.1. The molecule has 7 nitrogen and oxygen atoms in total. The molecule has 2 fully saturated rings. The number of hydrogen-bond donors (Lipinski definition) is 2. The topological polar surface area (TPSA) is 79.9 Å². The van der Waals surface area contributed by atoms with Crippen LogP contribution in [0.25, 0.3) is 0 Å². The molecule has 0 aromatic heterocycles. The van der Waals surface area contributed by atoms with E-state index in [2.05, 4.69) is 10.6 Å². The molecule has 2 atom stereocenters. The Kier molecular flexibility index (Phi) is 9.47. The maximum absolute atomic E-state index is 12.3. The maximum atomic E-state index is 12.3. The first-order valence-corrected chi connectivity index (χ1v) is 8.19. The van der Waals surface area contributed by atoms with Crippen molar-refractivity contribution < 1.29 is 19.1 Å². The van der Waals surface area contributed by atoms with Crippen LogP contribution in [0.2, 0.25) is 0 Å². The lowest BCUT2D eigenvalue weighted by Crippen LogP contribution is -2.57. The summed E-state index contributed by atoms with van der Waals surface area (Å²) in [7, 11) is 0. The van der Waals surface area contributed by atoms with Crippen molar-refractivity contribution in [2.45, 2.75) is 38.3 Å². The minimum absolute atomic E-state index is 0. The van der Waals surface area contributed by atoms with Crippen LogP contribution in [0.1, 0.15) is 26.2 Å². The van der Waals surface area contributed by atoms with E-state index in [0.29, 0.717) is 39.4 Å². The molecular formula is C15H28ClN3O4. The van der Waals surface area contributed by atoms with Crippen LogP contribution in [0, 0.1) is 0 Å². The van der Waals surface area contributed by atoms with Crippen LogP contribution in [0.3, 0.4) is 0 Å². The molecule has 2 N–H and O–H groups in total. The van der Waals surface area contributed by atoms with Gasteiger partial charge in [0, 0.05) is 39.4 Å². The van der Waals surface area contributed by atoms with Crippen LogP contribution in [0.5, 0.6) is 0 Å². The lowest BCUT2D eigenvalue weighted by Gasteiger charge is -2.32. The van der Waals surface area contributed by atoms with Crippen molar-refractivity contribution in [2.24, 2.45) is 0 Å². The Morgan fingerprint density at radius 1 is 1.52 bits per heavy atom. The van der Waals surface area contributed by atoms with Gasteiger partial charge in [-0.1, -0.05) is 0 Å². The number of nitrogens with one attached hydrogen (secondary N) is 2. The van der Waals surface area contributed by atoms with Crippen molar-refractivity contribution in [2.75, 3.05) is 46.0 Å². The zero-order valence-corrected chi connectivity index (χ0v) is 14.5. The van der Waals surface area contributed by atoms with E-state index in [-0.39, 0.29) is 36.7 Å². The van der Waals surface area contributed by atoms with Gasteiger partial charge >= 0.3 is 0 Å². The highest BCUT2D eigenvalue weighted by atomic mass is 35.5. The van der Waals surface area contributed by atoms with Gasteiger partial charge in [-0.3, -0.25) is 9.59 Å². The van der Waals surface area contributed by atoms with Crippen LogP contribution < -0.4 is 10.6 Å². The molecule has 2 heterocycles. The first-order valence-electron chi connectivity index (χ1n) is 8.19. The largest absolute Gasteiger partial charge is 0.380 e. The molecule has 0 saturated carbocycles. The lowest BCUT2D eigenvalue weighted by atomic mass is 10.1. The number of carbonyl (C=O) groups is 2. The van der Waals surface area contributed by atoms with Gasteiger partial charge in [0.2, 0.25) is 11.8 Å². The van der Waals surface area contributed by atoms with E-state index in [1.54, 1.807) is 4.90 Å². The van der Waals surface area contributed by atoms with Crippen molar-refractivity contribution in [3.05, 3.63) is 0 Å². The molecule has 2 aliphatic rings. The van der Waals surface area contributed by atoms with Gasteiger partial charge in [-0.25, -0.2) is 0 Å². The normalized spacial score (nSPS) is 24.4. The molecule has 2 unspecified atom stereocenters. The van der Waals surface area contributed by atoms with Crippen molar-refractivity contribution in [3.8, 4) is 0 Å². The van der Waals surface area contributed by atoms with E-state index < -0.39 is 6.04 Å². The van der Waals surface area contributed by atoms with Crippen molar-refractivity contribution in [1.82, 2.24) is 15.5 Å². The lowest BCUT2D eigenvalue weighted by molar-refractivity contribution is -0.139. The van der Waals surface area contributed by atoms with Gasteiger partial charge in [0.1, 0.15) is 0 Å². The standard InChI is InChI=1S/C15H27N3O4.ClH/c1-2-21-9-7-18-6-5-16-13(15(18)20)10-14(19)17-11-12-4-3-8-22-12;/h12-13,16H,2-11H2,1H3,(H,17,19);1H. The number of halogens is 1. The monoisotopic (exact) mass is 349 g/mol. The highest BCUT2D eigenvalue weighted by Crippen LogP contribution is 2.11. The summed E-state index contributed by atoms with van der Waals surface area (Å²) in [6, 6.07) is -0.431. The second-order valence-corrected chi connectivity index (χ2v) is 5.67. The second-order valence-electron chi connectivity index (χ2n) is 5.67. The number of hydrogen-bond acceptors (Lipinski definition) is 5. The van der Waals surface area contributed by atoms with Crippen molar-refractivity contribution >= 4 is 24.2 Å². The molecule has 0 radical (unpaired) electrons. The number of piperazine rings is 1. The number of carbonyl (C=O) groups excluding carboxylic acids is 2. The molecule has 8 heteroatoms. The third kappa shape index (κ3) is 6.63. The molecule has 2 saturated heterocycles. The molecule has 0 spiro atoms. The zero-order chi connectivity index (χ0) is 15.8. The predicted molar refractivity (Wildman–Crippen MR) is 88.7 cm³/mol. The molecule has 134 valence electrons. The van der Waals surface area contributed by atoms with Gasteiger partial charge in [-0.15, -0.1) is 12.4 Å². The minimum atomic E-state index is -0.431. The molecule has 2 aliphatic heterocycles. The fourth-order valence-electron chi connectivity index (χ4n) is 2.78. The number of ether oxygens (including phenoxy) is 2. The average molecular weight is 350 g/mol. The van der Waals surface area contributed by atoms with E-state index in [9.17, 15) is 9.59 Å². The Labute approximate surface area is 143 Å². The van der Waals surface area contributed by atoms with Crippen LogP contribution in [-0.4, -0.2) is 74.9 Å². The molecule has 0 aliphatic carbocycles. The fraction of sp³-hybridized carbons (Fsp3) is 0.867. The Bertz CT molecular complexity index is 378. The van der Waals surface area contributed by atoms with Crippen LogP contribution in [-0.2, 0) is 19.1 Å². The quantitative estimate of drug-likeness (QED) is 0.600. The van der Waals surface area contributed by atoms with Crippen LogP contribution in [0.4, 0.5) is 0 Å². The van der Waals surface area contributed by atoms with Crippen molar-refractivity contribution in [1.29, 1.82) is 0 Å². The van der Waals surface area contributed by atoms with Crippen LogP contribution >= 0.6 is 12.4 Å². The number of nitrogens with zero attached hydrogens (tertiary/aromatic N) is 1. The maximum Gasteiger partial charge on any atom is 0.240 e. The smallest absolute Gasteiger partial charge is 0.240 e. The Morgan fingerprint density at radius 2 is 2.35 bits per heavy atom. The van der Waals surface area contributed by atoms with Gasteiger partial charge in [-0.2, -0.15) is 0 Å². The molecule has 2 rings (SSSR count). The third-order valence-electron chi connectivity index (χ3n) is 4.03. The van der Waals surface area contributed by atoms with E-state index in [1.165, 1.54) is 0 Å². The Hall–Kier alpha value is -0.890. The first-order chi connectivity index (χ1) is 10.7. The van der Waals surface area contributed by atoms with Gasteiger partial charge in [0.15, 0.2) is 0 Å². The molecule has 2 amide bonds. The molecule has 23 heavy (non-hydrogen) atoms. The first kappa shape index (κ1) is 20.2. The SMILES string of the molecule is CCOCCN1CCNC(CC(=O)NCC2CCCO2)C1=O.Cl. The highest BCUT2D eigenvalue weighted by Gasteiger charge is 2.30. The third-order valence-corrected chi connectivity index (χ3v) is 4.03. The Balaban J connectivity index is 0.00000264. The number of rotatable bonds is 8. The molecular weight excluding hydrogens is 322 g/mol. The summed E-state index contributed by atoms with van der Waals surface area (Å²) in [6.45, 7) is 6.39. The molecule has 0 aromatic rings. The predicted octanol–water partition coefficient (Wildman–Crippen LogP) is -0.0696. The summed E-state index contributed by atoms with van der Waals surface area (Å²) in [5, 5.41) is 5.98. The van der Waals surface area contributed by atoms with E-state index in [1.807, 2.05) is 6.92 Å². The summed E-state index contributed by atoms with van der Waals surface area (Å²) in [5.74, 6) is -0.119. The fourth-order valence-corrected chi connectivity index (χ4v) is 2.78. The minimum Gasteiger partial charge on any atom is -0.380 e. The highest BCUT2D eigenvalue weighted by molar-refractivity contribution is 5.88. The van der Waals surface area contributed by atoms with Gasteiger partial charge in [-0.05, 0) is 19.8 Å². The summed E-state index contributed by atoms with van der Waals surface area (Å²) in [5.41, 5.74) is 0. The average Bonchev–Trinajstić information content (AvgIpc) is 3.02. The van der Waals surface area contributed by atoms with Gasteiger partial charge in [0.05, 0.1) is 25.2 Å². The van der Waals surface area contributed by atoms with Gasteiger partial charge in [0.25, 0.3) is 0 Å². The molecule has 0 bridgehead atoms. The summed E-state index contributed by atoms with van der Waals surface area (Å²) in [6.07, 6.45) is 2.35. The van der Waals surface area contributed by atoms with E-state index >= 15 is 0 Å².